The molecule has 0 bridgehead atoms. The van der Waals surface area contributed by atoms with Gasteiger partial charge in [0.15, 0.2) is 0 Å². The van der Waals surface area contributed by atoms with E-state index < -0.39 is 5.97 Å². The zero-order valence-corrected chi connectivity index (χ0v) is 12.0. The number of nitrogens with zero attached hydrogens (tertiary/aromatic N) is 2. The van der Waals surface area contributed by atoms with Crippen molar-refractivity contribution in [1.82, 2.24) is 4.90 Å². The Morgan fingerprint density at radius 3 is 2.57 bits per heavy atom. The number of anilines is 1. The predicted octanol–water partition coefficient (Wildman–Crippen LogP) is 2.20. The maximum atomic E-state index is 13.3. The van der Waals surface area contributed by atoms with Crippen molar-refractivity contribution in [2.45, 2.75) is 25.3 Å². The van der Waals surface area contributed by atoms with Crippen molar-refractivity contribution >= 4 is 11.7 Å². The molecule has 1 saturated heterocycles. The fourth-order valence-corrected chi connectivity index (χ4v) is 3.53. The second-order valence-corrected chi connectivity index (χ2v) is 6.00. The SMILES string of the molecule is O=C(O)[C@@H]1CC[C@H](N2CCN(c3cccc(F)c3)CC2)C1. The number of halogens is 1. The Kier molecular flexibility index (Phi) is 4.10. The van der Waals surface area contributed by atoms with Crippen LogP contribution in [0.3, 0.4) is 0 Å². The van der Waals surface area contributed by atoms with Gasteiger partial charge in [0.25, 0.3) is 0 Å². The molecule has 2 atom stereocenters. The van der Waals surface area contributed by atoms with E-state index >= 15 is 0 Å². The van der Waals surface area contributed by atoms with Crippen LogP contribution in [0, 0.1) is 11.7 Å². The van der Waals surface area contributed by atoms with Crippen LogP contribution in [-0.2, 0) is 4.79 Å². The fraction of sp³-hybridized carbons (Fsp3) is 0.562. The zero-order valence-electron chi connectivity index (χ0n) is 12.0. The summed E-state index contributed by atoms with van der Waals surface area (Å²) in [5, 5.41) is 9.08. The summed E-state index contributed by atoms with van der Waals surface area (Å²) in [4.78, 5) is 15.6. The molecule has 1 aliphatic heterocycles. The molecule has 2 aliphatic rings. The van der Waals surface area contributed by atoms with Crippen molar-refractivity contribution in [2.24, 2.45) is 5.92 Å². The van der Waals surface area contributed by atoms with Gasteiger partial charge in [-0.1, -0.05) is 6.07 Å². The lowest BCUT2D eigenvalue weighted by molar-refractivity contribution is -0.141. The van der Waals surface area contributed by atoms with Crippen molar-refractivity contribution in [3.63, 3.8) is 0 Å². The number of hydrogen-bond donors (Lipinski definition) is 1. The number of aliphatic carboxylic acids is 1. The minimum Gasteiger partial charge on any atom is -0.481 e. The maximum absolute atomic E-state index is 13.3. The molecule has 0 unspecified atom stereocenters. The van der Waals surface area contributed by atoms with Crippen molar-refractivity contribution < 1.29 is 14.3 Å². The molecule has 0 radical (unpaired) electrons. The van der Waals surface area contributed by atoms with Gasteiger partial charge in [-0.25, -0.2) is 4.39 Å². The van der Waals surface area contributed by atoms with E-state index in [0.29, 0.717) is 6.04 Å². The average Bonchev–Trinajstić information content (AvgIpc) is 2.97. The molecule has 1 aromatic rings. The van der Waals surface area contributed by atoms with Crippen molar-refractivity contribution in [1.29, 1.82) is 0 Å². The Morgan fingerprint density at radius 2 is 1.95 bits per heavy atom. The molecule has 1 N–H and O–H groups in total. The number of benzene rings is 1. The van der Waals surface area contributed by atoms with E-state index in [9.17, 15) is 9.18 Å². The fourth-order valence-electron chi connectivity index (χ4n) is 3.53. The summed E-state index contributed by atoms with van der Waals surface area (Å²) in [6.45, 7) is 3.59. The molecular formula is C16H21FN2O2. The zero-order chi connectivity index (χ0) is 14.8. The molecule has 4 nitrogen and oxygen atoms in total. The van der Waals surface area contributed by atoms with E-state index in [-0.39, 0.29) is 11.7 Å². The molecule has 5 heteroatoms. The molecule has 1 aromatic carbocycles. The highest BCUT2D eigenvalue weighted by Crippen LogP contribution is 2.30. The maximum Gasteiger partial charge on any atom is 0.306 e. The summed E-state index contributed by atoms with van der Waals surface area (Å²) >= 11 is 0. The summed E-state index contributed by atoms with van der Waals surface area (Å²) in [6, 6.07) is 7.12. The van der Waals surface area contributed by atoms with E-state index in [1.807, 2.05) is 6.07 Å². The minimum absolute atomic E-state index is 0.170. The van der Waals surface area contributed by atoms with Crippen LogP contribution in [0.25, 0.3) is 0 Å². The molecule has 1 saturated carbocycles. The van der Waals surface area contributed by atoms with Crippen molar-refractivity contribution in [3.8, 4) is 0 Å². The lowest BCUT2D eigenvalue weighted by Gasteiger charge is -2.39. The number of piperazine rings is 1. The van der Waals surface area contributed by atoms with Crippen LogP contribution < -0.4 is 4.90 Å². The first kappa shape index (κ1) is 14.3. The van der Waals surface area contributed by atoms with Gasteiger partial charge in [0, 0.05) is 37.9 Å². The van der Waals surface area contributed by atoms with Crippen molar-refractivity contribution in [2.75, 3.05) is 31.1 Å². The van der Waals surface area contributed by atoms with E-state index in [1.165, 1.54) is 6.07 Å². The highest BCUT2D eigenvalue weighted by molar-refractivity contribution is 5.70. The van der Waals surface area contributed by atoms with Crippen LogP contribution in [0.1, 0.15) is 19.3 Å². The summed E-state index contributed by atoms with van der Waals surface area (Å²) in [5.74, 6) is -1.03. The number of rotatable bonds is 3. The molecule has 21 heavy (non-hydrogen) atoms. The lowest BCUT2D eigenvalue weighted by atomic mass is 10.1. The van der Waals surface area contributed by atoms with Crippen LogP contribution in [0.4, 0.5) is 10.1 Å². The third-order valence-electron chi connectivity index (χ3n) is 4.76. The van der Waals surface area contributed by atoms with Gasteiger partial charge in [-0.15, -0.1) is 0 Å². The molecular weight excluding hydrogens is 271 g/mol. The number of carboxylic acid groups (broad SMARTS) is 1. The quantitative estimate of drug-likeness (QED) is 0.927. The molecule has 1 heterocycles. The molecule has 0 amide bonds. The minimum atomic E-state index is -0.657. The van der Waals surface area contributed by atoms with Crippen molar-refractivity contribution in [3.05, 3.63) is 30.1 Å². The van der Waals surface area contributed by atoms with Crippen LogP contribution in [0.5, 0.6) is 0 Å². The first-order valence-corrected chi connectivity index (χ1v) is 7.61. The summed E-state index contributed by atoms with van der Waals surface area (Å²) < 4.78 is 13.3. The van der Waals surface area contributed by atoms with Gasteiger partial charge in [0.2, 0.25) is 0 Å². The third-order valence-corrected chi connectivity index (χ3v) is 4.76. The highest BCUT2D eigenvalue weighted by Gasteiger charge is 2.34. The molecule has 1 aliphatic carbocycles. The van der Waals surface area contributed by atoms with Crippen LogP contribution in [0.15, 0.2) is 24.3 Å². The second kappa shape index (κ2) is 6.02. The second-order valence-electron chi connectivity index (χ2n) is 6.00. The Hall–Kier alpha value is -1.62. The normalized spacial score (nSPS) is 27.0. The molecule has 2 fully saturated rings. The molecule has 114 valence electrons. The van der Waals surface area contributed by atoms with E-state index in [0.717, 1.165) is 51.1 Å². The topological polar surface area (TPSA) is 43.8 Å². The Morgan fingerprint density at radius 1 is 1.19 bits per heavy atom. The van der Waals surface area contributed by atoms with Gasteiger partial charge in [0.1, 0.15) is 5.82 Å². The number of carboxylic acids is 1. The highest BCUT2D eigenvalue weighted by atomic mass is 19.1. The van der Waals surface area contributed by atoms with E-state index in [1.54, 1.807) is 12.1 Å². The van der Waals surface area contributed by atoms with Gasteiger partial charge in [-0.3, -0.25) is 9.69 Å². The average molecular weight is 292 g/mol. The number of carbonyl (C=O) groups is 1. The largest absolute Gasteiger partial charge is 0.481 e. The van der Waals surface area contributed by atoms with Gasteiger partial charge in [-0.05, 0) is 37.5 Å². The number of hydrogen-bond acceptors (Lipinski definition) is 3. The molecule has 3 rings (SSSR count). The van der Waals surface area contributed by atoms with Crippen LogP contribution in [-0.4, -0.2) is 48.2 Å². The Labute approximate surface area is 124 Å². The smallest absolute Gasteiger partial charge is 0.306 e. The first-order chi connectivity index (χ1) is 10.1. The first-order valence-electron chi connectivity index (χ1n) is 7.61. The summed E-state index contributed by atoms with van der Waals surface area (Å²) in [5.41, 5.74) is 0.935. The van der Waals surface area contributed by atoms with Crippen LogP contribution >= 0.6 is 0 Å². The Bertz CT molecular complexity index is 515. The molecule has 0 aromatic heterocycles. The standard InChI is InChI=1S/C16H21FN2O2/c17-13-2-1-3-14(11-13)18-6-8-19(9-7-18)15-5-4-12(10-15)16(20)21/h1-3,11-12,15H,4-10H2,(H,20,21)/t12-,15+/m1/s1. The van der Waals surface area contributed by atoms with E-state index in [2.05, 4.69) is 9.80 Å². The summed E-state index contributed by atoms with van der Waals surface area (Å²) in [6.07, 6.45) is 2.55. The molecule has 0 spiro atoms. The predicted molar refractivity (Wildman–Crippen MR) is 79.0 cm³/mol. The monoisotopic (exact) mass is 292 g/mol. The third kappa shape index (κ3) is 3.18. The van der Waals surface area contributed by atoms with E-state index in [4.69, 9.17) is 5.11 Å². The summed E-state index contributed by atoms with van der Waals surface area (Å²) in [7, 11) is 0. The Balaban J connectivity index is 1.55. The van der Waals surface area contributed by atoms with Gasteiger partial charge in [-0.2, -0.15) is 0 Å². The van der Waals surface area contributed by atoms with Crippen LogP contribution in [0.2, 0.25) is 0 Å². The van der Waals surface area contributed by atoms with Gasteiger partial charge < -0.3 is 10.0 Å². The lowest BCUT2D eigenvalue weighted by Crippen LogP contribution is -2.49. The van der Waals surface area contributed by atoms with Gasteiger partial charge in [0.05, 0.1) is 5.92 Å². The van der Waals surface area contributed by atoms with Gasteiger partial charge >= 0.3 is 5.97 Å².